The first-order valence-electron chi connectivity index (χ1n) is 8.70. The minimum Gasteiger partial charge on any atom is -0.449 e. The number of carbonyl (C=O) groups excluding carboxylic acids is 2. The highest BCUT2D eigenvalue weighted by atomic mass is 79.9. The van der Waals surface area contributed by atoms with E-state index in [1.807, 2.05) is 30.3 Å². The number of benzene rings is 2. The van der Waals surface area contributed by atoms with E-state index in [-0.39, 0.29) is 11.5 Å². The molecule has 0 spiro atoms. The smallest absolute Gasteiger partial charge is 0.340 e. The van der Waals surface area contributed by atoms with E-state index in [0.29, 0.717) is 17.6 Å². The van der Waals surface area contributed by atoms with Gasteiger partial charge in [0, 0.05) is 36.3 Å². The van der Waals surface area contributed by atoms with Crippen molar-refractivity contribution in [2.75, 3.05) is 31.1 Å². The van der Waals surface area contributed by atoms with Crippen LogP contribution < -0.4 is 4.90 Å². The molecule has 3 rings (SSSR count). The molecule has 1 aliphatic heterocycles. The molecular formula is C20H20BrFN2O3. The van der Waals surface area contributed by atoms with E-state index in [1.54, 1.807) is 11.8 Å². The summed E-state index contributed by atoms with van der Waals surface area (Å²) in [6, 6.07) is 13.7. The predicted octanol–water partition coefficient (Wildman–Crippen LogP) is 3.48. The molecule has 5 nitrogen and oxygen atoms in total. The molecule has 7 heteroatoms. The molecule has 0 bridgehead atoms. The lowest BCUT2D eigenvalue weighted by Gasteiger charge is -2.37. The maximum absolute atomic E-state index is 13.2. The van der Waals surface area contributed by atoms with E-state index < -0.39 is 17.9 Å². The largest absolute Gasteiger partial charge is 0.449 e. The van der Waals surface area contributed by atoms with Gasteiger partial charge in [-0.2, -0.15) is 0 Å². The lowest BCUT2D eigenvalue weighted by molar-refractivity contribution is -0.140. The number of para-hydroxylation sites is 1. The van der Waals surface area contributed by atoms with Crippen LogP contribution in [0.1, 0.15) is 17.3 Å². The summed E-state index contributed by atoms with van der Waals surface area (Å²) in [5, 5.41) is 0. The van der Waals surface area contributed by atoms with E-state index in [9.17, 15) is 14.0 Å². The second-order valence-corrected chi connectivity index (χ2v) is 7.17. The number of hydrogen-bond acceptors (Lipinski definition) is 4. The number of piperazine rings is 1. The Balaban J connectivity index is 1.55. The van der Waals surface area contributed by atoms with Crippen molar-refractivity contribution < 1.29 is 18.7 Å². The van der Waals surface area contributed by atoms with Gasteiger partial charge >= 0.3 is 5.97 Å². The molecule has 1 heterocycles. The maximum atomic E-state index is 13.2. The lowest BCUT2D eigenvalue weighted by atomic mass is 10.2. The van der Waals surface area contributed by atoms with Crippen LogP contribution in [0.25, 0.3) is 0 Å². The van der Waals surface area contributed by atoms with Gasteiger partial charge in [-0.1, -0.05) is 18.2 Å². The minimum atomic E-state index is -0.905. The van der Waals surface area contributed by atoms with E-state index in [2.05, 4.69) is 20.8 Å². The van der Waals surface area contributed by atoms with Crippen molar-refractivity contribution in [2.45, 2.75) is 13.0 Å². The van der Waals surface area contributed by atoms with Crippen molar-refractivity contribution in [2.24, 2.45) is 0 Å². The standard InChI is InChI=1S/C20H20BrFN2O3/c1-14(27-20(26)17-8-7-15(22)13-18(17)21)19(25)24-11-9-23(10-12-24)16-5-3-2-4-6-16/h2-8,13-14H,9-12H2,1H3. The second-order valence-electron chi connectivity index (χ2n) is 6.32. The van der Waals surface area contributed by atoms with Gasteiger partial charge in [-0.25, -0.2) is 9.18 Å². The number of nitrogens with zero attached hydrogens (tertiary/aromatic N) is 2. The number of rotatable bonds is 4. The second kappa shape index (κ2) is 8.52. The predicted molar refractivity (Wildman–Crippen MR) is 104 cm³/mol. The fourth-order valence-corrected chi connectivity index (χ4v) is 3.52. The topological polar surface area (TPSA) is 49.9 Å². The molecule has 1 fully saturated rings. The Morgan fingerprint density at radius 2 is 1.74 bits per heavy atom. The highest BCUT2D eigenvalue weighted by molar-refractivity contribution is 9.10. The van der Waals surface area contributed by atoms with Crippen molar-refractivity contribution in [3.05, 3.63) is 64.4 Å². The maximum Gasteiger partial charge on any atom is 0.340 e. The Morgan fingerprint density at radius 3 is 2.37 bits per heavy atom. The first-order chi connectivity index (χ1) is 13.0. The van der Waals surface area contributed by atoms with Crippen molar-refractivity contribution in [3.8, 4) is 0 Å². The Hall–Kier alpha value is -2.41. The zero-order valence-electron chi connectivity index (χ0n) is 14.9. The number of amides is 1. The highest BCUT2D eigenvalue weighted by Crippen LogP contribution is 2.20. The summed E-state index contributed by atoms with van der Waals surface area (Å²) >= 11 is 3.14. The summed E-state index contributed by atoms with van der Waals surface area (Å²) in [6.45, 7) is 4.13. The Labute approximate surface area is 165 Å². The molecule has 0 radical (unpaired) electrons. The highest BCUT2D eigenvalue weighted by Gasteiger charge is 2.28. The zero-order valence-corrected chi connectivity index (χ0v) is 16.5. The SMILES string of the molecule is CC(OC(=O)c1ccc(F)cc1Br)C(=O)N1CCN(c2ccccc2)CC1. The average molecular weight is 435 g/mol. The molecular weight excluding hydrogens is 415 g/mol. The fraction of sp³-hybridized carbons (Fsp3) is 0.300. The van der Waals surface area contributed by atoms with E-state index in [0.717, 1.165) is 18.8 Å². The van der Waals surface area contributed by atoms with Gasteiger partial charge in [0.1, 0.15) is 5.82 Å². The molecule has 0 saturated carbocycles. The molecule has 1 amide bonds. The molecule has 1 unspecified atom stereocenters. The summed E-state index contributed by atoms with van der Waals surface area (Å²) in [6.07, 6.45) is -0.905. The minimum absolute atomic E-state index is 0.185. The monoisotopic (exact) mass is 434 g/mol. The third-order valence-electron chi connectivity index (χ3n) is 4.50. The molecule has 27 heavy (non-hydrogen) atoms. The van der Waals surface area contributed by atoms with E-state index >= 15 is 0 Å². The molecule has 1 aliphatic rings. The molecule has 2 aromatic rings. The normalized spacial score (nSPS) is 15.4. The van der Waals surface area contributed by atoms with Crippen LogP contribution in [0.2, 0.25) is 0 Å². The van der Waals surface area contributed by atoms with Crippen molar-refractivity contribution in [1.82, 2.24) is 4.90 Å². The molecule has 1 atom stereocenters. The number of carbonyl (C=O) groups is 2. The van der Waals surface area contributed by atoms with Crippen LogP contribution in [-0.4, -0.2) is 49.1 Å². The number of anilines is 1. The van der Waals surface area contributed by atoms with Gasteiger partial charge in [0.25, 0.3) is 5.91 Å². The third-order valence-corrected chi connectivity index (χ3v) is 5.15. The first kappa shape index (κ1) is 19.4. The van der Waals surface area contributed by atoms with Crippen molar-refractivity contribution in [3.63, 3.8) is 0 Å². The molecule has 142 valence electrons. The molecule has 0 N–H and O–H groups in total. The van der Waals surface area contributed by atoms with E-state index in [1.165, 1.54) is 18.2 Å². The number of ether oxygens (including phenoxy) is 1. The van der Waals surface area contributed by atoms with Gasteiger partial charge in [0.05, 0.1) is 5.56 Å². The van der Waals surface area contributed by atoms with Crippen LogP contribution in [-0.2, 0) is 9.53 Å². The summed E-state index contributed by atoms with van der Waals surface area (Å²) in [7, 11) is 0. The summed E-state index contributed by atoms with van der Waals surface area (Å²) in [4.78, 5) is 28.8. The Morgan fingerprint density at radius 1 is 1.07 bits per heavy atom. The van der Waals surface area contributed by atoms with Crippen LogP contribution >= 0.6 is 15.9 Å². The number of halogens is 2. The van der Waals surface area contributed by atoms with Gasteiger partial charge in [-0.05, 0) is 53.2 Å². The van der Waals surface area contributed by atoms with Gasteiger partial charge in [-0.15, -0.1) is 0 Å². The van der Waals surface area contributed by atoms with E-state index in [4.69, 9.17) is 4.74 Å². The van der Waals surface area contributed by atoms with Crippen LogP contribution in [0.15, 0.2) is 53.0 Å². The first-order valence-corrected chi connectivity index (χ1v) is 9.50. The fourth-order valence-electron chi connectivity index (χ4n) is 3.01. The van der Waals surface area contributed by atoms with Crippen LogP contribution in [0, 0.1) is 5.82 Å². The van der Waals surface area contributed by atoms with Crippen molar-refractivity contribution in [1.29, 1.82) is 0 Å². The van der Waals surface area contributed by atoms with Crippen LogP contribution in [0.4, 0.5) is 10.1 Å². The van der Waals surface area contributed by atoms with Gasteiger partial charge < -0.3 is 14.5 Å². The number of hydrogen-bond donors (Lipinski definition) is 0. The summed E-state index contributed by atoms with van der Waals surface area (Å²) in [5.41, 5.74) is 1.31. The lowest BCUT2D eigenvalue weighted by Crippen LogP contribution is -2.51. The molecule has 1 saturated heterocycles. The summed E-state index contributed by atoms with van der Waals surface area (Å²) in [5.74, 6) is -1.35. The molecule has 0 aromatic heterocycles. The quantitative estimate of drug-likeness (QED) is 0.691. The van der Waals surface area contributed by atoms with Gasteiger partial charge in [0.15, 0.2) is 6.10 Å². The average Bonchev–Trinajstić information content (AvgIpc) is 2.68. The van der Waals surface area contributed by atoms with Crippen LogP contribution in [0.5, 0.6) is 0 Å². The van der Waals surface area contributed by atoms with Crippen LogP contribution in [0.3, 0.4) is 0 Å². The Kier molecular flexibility index (Phi) is 6.11. The zero-order chi connectivity index (χ0) is 19.4. The van der Waals surface area contributed by atoms with Gasteiger partial charge in [0.2, 0.25) is 0 Å². The number of esters is 1. The molecule has 2 aromatic carbocycles. The van der Waals surface area contributed by atoms with Gasteiger partial charge in [-0.3, -0.25) is 4.79 Å². The third kappa shape index (κ3) is 4.66. The van der Waals surface area contributed by atoms with Crippen molar-refractivity contribution >= 4 is 33.5 Å². The Bertz CT molecular complexity index is 823. The summed E-state index contributed by atoms with van der Waals surface area (Å²) < 4.78 is 18.7. The molecule has 0 aliphatic carbocycles.